The van der Waals surface area contributed by atoms with Crippen LogP contribution in [0.15, 0.2) is 59.6 Å². The lowest BCUT2D eigenvalue weighted by Gasteiger charge is -2.00. The maximum absolute atomic E-state index is 5.92. The molecule has 2 aromatic rings. The van der Waals surface area contributed by atoms with Gasteiger partial charge in [0.25, 0.3) is 0 Å². The molecule has 2 nitrogen and oxygen atoms in total. The van der Waals surface area contributed by atoms with Gasteiger partial charge in [-0.1, -0.05) is 36.4 Å². The largest absolute Gasteiger partial charge is 0.383 e. The van der Waals surface area contributed by atoms with Gasteiger partial charge in [-0.15, -0.1) is 0 Å². The zero-order valence-electron chi connectivity index (χ0n) is 8.60. The maximum atomic E-state index is 5.92. The Balaban J connectivity index is 2.32. The van der Waals surface area contributed by atoms with Crippen LogP contribution in [0.4, 0.5) is 5.69 Å². The highest BCUT2D eigenvalue weighted by Gasteiger charge is 1.97. The molecule has 2 rings (SSSR count). The summed E-state index contributed by atoms with van der Waals surface area (Å²) in [5.74, 6) is 0.544. The molecule has 16 heavy (non-hydrogen) atoms. The lowest BCUT2D eigenvalue weighted by molar-refractivity contribution is 1.44. The molecule has 0 aliphatic carbocycles. The number of hydrogen-bond donors (Lipinski definition) is 1. The Labute approximate surface area is 108 Å². The van der Waals surface area contributed by atoms with Crippen molar-refractivity contribution in [2.24, 2.45) is 10.7 Å². The summed E-state index contributed by atoms with van der Waals surface area (Å²) in [4.78, 5) is 4.38. The average molecular weight is 322 g/mol. The predicted octanol–water partition coefficient (Wildman–Crippen LogP) is 3.33. The first-order valence-corrected chi connectivity index (χ1v) is 5.99. The SMILES string of the molecule is NC(=Nc1cccc(I)c1)c1ccccc1. The number of benzene rings is 2. The van der Waals surface area contributed by atoms with Gasteiger partial charge >= 0.3 is 0 Å². The Bertz CT molecular complexity index is 506. The third kappa shape index (κ3) is 2.82. The fraction of sp³-hybridized carbons (Fsp3) is 0. The molecule has 0 aliphatic heterocycles. The number of hydrogen-bond acceptors (Lipinski definition) is 1. The number of rotatable bonds is 2. The first kappa shape index (κ1) is 11.1. The standard InChI is InChI=1S/C13H11IN2/c14-11-7-4-8-12(9-11)16-13(15)10-5-2-1-3-6-10/h1-9H,(H2,15,16). The Morgan fingerprint density at radius 2 is 1.75 bits per heavy atom. The van der Waals surface area contributed by atoms with Crippen LogP contribution in [0.2, 0.25) is 0 Å². The molecule has 0 saturated heterocycles. The van der Waals surface area contributed by atoms with E-state index in [2.05, 4.69) is 27.6 Å². The second kappa shape index (κ2) is 5.12. The van der Waals surface area contributed by atoms with Gasteiger partial charge in [0.1, 0.15) is 5.84 Å². The van der Waals surface area contributed by atoms with Gasteiger partial charge in [-0.2, -0.15) is 0 Å². The van der Waals surface area contributed by atoms with Crippen LogP contribution in [0.25, 0.3) is 0 Å². The van der Waals surface area contributed by atoms with Crippen molar-refractivity contribution in [3.63, 3.8) is 0 Å². The lowest BCUT2D eigenvalue weighted by atomic mass is 10.2. The van der Waals surface area contributed by atoms with Crippen molar-refractivity contribution >= 4 is 34.1 Å². The van der Waals surface area contributed by atoms with Gasteiger partial charge in [-0.25, -0.2) is 4.99 Å². The van der Waals surface area contributed by atoms with Crippen molar-refractivity contribution in [2.75, 3.05) is 0 Å². The molecule has 0 radical (unpaired) electrons. The smallest absolute Gasteiger partial charge is 0.131 e. The molecular weight excluding hydrogens is 311 g/mol. The van der Waals surface area contributed by atoms with Crippen molar-refractivity contribution in [1.29, 1.82) is 0 Å². The molecule has 2 N–H and O–H groups in total. The highest BCUT2D eigenvalue weighted by molar-refractivity contribution is 14.1. The molecule has 0 spiro atoms. The van der Waals surface area contributed by atoms with E-state index >= 15 is 0 Å². The minimum Gasteiger partial charge on any atom is -0.383 e. The summed E-state index contributed by atoms with van der Waals surface area (Å²) in [6, 6.07) is 17.7. The van der Waals surface area contributed by atoms with Crippen molar-refractivity contribution in [2.45, 2.75) is 0 Å². The Morgan fingerprint density at radius 1 is 1.00 bits per heavy atom. The molecule has 0 bridgehead atoms. The molecule has 2 aromatic carbocycles. The molecule has 0 unspecified atom stereocenters. The van der Waals surface area contributed by atoms with Crippen LogP contribution >= 0.6 is 22.6 Å². The van der Waals surface area contributed by atoms with Gasteiger partial charge in [0.15, 0.2) is 0 Å². The normalized spacial score (nSPS) is 11.4. The van der Waals surface area contributed by atoms with Gasteiger partial charge in [-0.05, 0) is 40.8 Å². The van der Waals surface area contributed by atoms with E-state index in [0.29, 0.717) is 5.84 Å². The summed E-state index contributed by atoms with van der Waals surface area (Å²) < 4.78 is 1.15. The van der Waals surface area contributed by atoms with Crippen molar-refractivity contribution in [3.8, 4) is 0 Å². The van der Waals surface area contributed by atoms with Crippen LogP contribution in [0.5, 0.6) is 0 Å². The number of halogens is 1. The highest BCUT2D eigenvalue weighted by atomic mass is 127. The van der Waals surface area contributed by atoms with Crippen LogP contribution in [0.1, 0.15) is 5.56 Å². The van der Waals surface area contributed by atoms with Crippen LogP contribution in [-0.2, 0) is 0 Å². The molecular formula is C13H11IN2. The fourth-order valence-electron chi connectivity index (χ4n) is 1.36. The Kier molecular flexibility index (Phi) is 3.56. The molecule has 0 fully saturated rings. The summed E-state index contributed by atoms with van der Waals surface area (Å²) in [6.45, 7) is 0. The zero-order chi connectivity index (χ0) is 11.4. The maximum Gasteiger partial charge on any atom is 0.131 e. The molecule has 0 aliphatic rings. The first-order chi connectivity index (χ1) is 7.75. The van der Waals surface area contributed by atoms with Gasteiger partial charge in [-0.3, -0.25) is 0 Å². The minimum absolute atomic E-state index is 0.544. The zero-order valence-corrected chi connectivity index (χ0v) is 10.8. The van der Waals surface area contributed by atoms with Crippen molar-refractivity contribution in [1.82, 2.24) is 0 Å². The molecule has 0 saturated carbocycles. The van der Waals surface area contributed by atoms with Crippen molar-refractivity contribution < 1.29 is 0 Å². The Hall–Kier alpha value is -1.36. The third-order valence-electron chi connectivity index (χ3n) is 2.13. The Morgan fingerprint density at radius 3 is 2.44 bits per heavy atom. The third-order valence-corrected chi connectivity index (χ3v) is 2.80. The van der Waals surface area contributed by atoms with Gasteiger partial charge in [0.05, 0.1) is 5.69 Å². The molecule has 0 atom stereocenters. The highest BCUT2D eigenvalue weighted by Crippen LogP contribution is 2.16. The van der Waals surface area contributed by atoms with E-state index in [-0.39, 0.29) is 0 Å². The topological polar surface area (TPSA) is 38.4 Å². The number of nitrogens with two attached hydrogens (primary N) is 1. The molecule has 0 aromatic heterocycles. The average Bonchev–Trinajstić information content (AvgIpc) is 2.30. The second-order valence-electron chi connectivity index (χ2n) is 3.34. The van der Waals surface area contributed by atoms with E-state index in [0.717, 1.165) is 14.8 Å². The van der Waals surface area contributed by atoms with E-state index in [1.54, 1.807) is 0 Å². The second-order valence-corrected chi connectivity index (χ2v) is 4.59. The van der Waals surface area contributed by atoms with Gasteiger partial charge < -0.3 is 5.73 Å². The number of amidine groups is 1. The van der Waals surface area contributed by atoms with Gasteiger partial charge in [0, 0.05) is 9.13 Å². The van der Waals surface area contributed by atoms with Crippen LogP contribution in [0.3, 0.4) is 0 Å². The van der Waals surface area contributed by atoms with E-state index in [4.69, 9.17) is 5.73 Å². The summed E-state index contributed by atoms with van der Waals surface area (Å²) in [5.41, 5.74) is 7.75. The van der Waals surface area contributed by atoms with Crippen LogP contribution in [-0.4, -0.2) is 5.84 Å². The quantitative estimate of drug-likeness (QED) is 0.514. The van der Waals surface area contributed by atoms with E-state index in [1.807, 2.05) is 54.6 Å². The van der Waals surface area contributed by atoms with E-state index < -0.39 is 0 Å². The lowest BCUT2D eigenvalue weighted by Crippen LogP contribution is -2.12. The van der Waals surface area contributed by atoms with E-state index in [1.165, 1.54) is 0 Å². The van der Waals surface area contributed by atoms with Crippen LogP contribution in [0, 0.1) is 3.57 Å². The minimum atomic E-state index is 0.544. The molecule has 80 valence electrons. The first-order valence-electron chi connectivity index (χ1n) is 4.91. The predicted molar refractivity (Wildman–Crippen MR) is 76.0 cm³/mol. The van der Waals surface area contributed by atoms with E-state index in [9.17, 15) is 0 Å². The number of nitrogens with zero attached hydrogens (tertiary/aromatic N) is 1. The monoisotopic (exact) mass is 322 g/mol. The summed E-state index contributed by atoms with van der Waals surface area (Å²) in [7, 11) is 0. The molecule has 3 heteroatoms. The van der Waals surface area contributed by atoms with Gasteiger partial charge in [0.2, 0.25) is 0 Å². The summed E-state index contributed by atoms with van der Waals surface area (Å²) in [5, 5.41) is 0. The fourth-order valence-corrected chi connectivity index (χ4v) is 1.88. The summed E-state index contributed by atoms with van der Waals surface area (Å²) >= 11 is 2.26. The molecule has 0 amide bonds. The van der Waals surface area contributed by atoms with Crippen molar-refractivity contribution in [3.05, 3.63) is 63.7 Å². The molecule has 0 heterocycles. The van der Waals surface area contributed by atoms with Crippen LogP contribution < -0.4 is 5.73 Å². The summed E-state index contributed by atoms with van der Waals surface area (Å²) in [6.07, 6.45) is 0. The number of aliphatic imine (C=N–C) groups is 1.